The van der Waals surface area contributed by atoms with Crippen molar-refractivity contribution in [2.45, 2.75) is 0 Å². The average molecular weight is 322 g/mol. The quantitative estimate of drug-likeness (QED) is 0.760. The summed E-state index contributed by atoms with van der Waals surface area (Å²) in [6, 6.07) is 14.0. The number of hydrogen-bond acceptors (Lipinski definition) is 6. The number of halogens is 1. The highest BCUT2D eigenvalue weighted by molar-refractivity contribution is 5.64. The van der Waals surface area contributed by atoms with Gasteiger partial charge in [0.2, 0.25) is 5.75 Å². The van der Waals surface area contributed by atoms with Gasteiger partial charge in [0.1, 0.15) is 17.9 Å². The van der Waals surface area contributed by atoms with Crippen molar-refractivity contribution in [3.8, 4) is 23.4 Å². The zero-order chi connectivity index (χ0) is 16.9. The maximum atomic E-state index is 12.9. The Balaban J connectivity index is 1.82. The summed E-state index contributed by atoms with van der Waals surface area (Å²) in [6.07, 6.45) is 1.23. The Kier molecular flexibility index (Phi) is 4.21. The summed E-state index contributed by atoms with van der Waals surface area (Å²) in [6.45, 7) is 0. The highest BCUT2D eigenvalue weighted by Crippen LogP contribution is 2.34. The SMILES string of the molecule is N#Cc1ccc(Nc2ncnc(Oc3ccc(F)cc3)c2O)cc1. The Labute approximate surface area is 136 Å². The molecular weight excluding hydrogens is 311 g/mol. The van der Waals surface area contributed by atoms with Crippen LogP contribution < -0.4 is 10.1 Å². The van der Waals surface area contributed by atoms with Crippen molar-refractivity contribution in [1.82, 2.24) is 9.97 Å². The first-order valence-electron chi connectivity index (χ1n) is 6.90. The normalized spacial score (nSPS) is 10.0. The number of nitrogens with zero attached hydrogens (tertiary/aromatic N) is 3. The molecule has 2 N–H and O–H groups in total. The second-order valence-electron chi connectivity index (χ2n) is 4.75. The van der Waals surface area contributed by atoms with Crippen LogP contribution in [0.2, 0.25) is 0 Å². The third-order valence-electron chi connectivity index (χ3n) is 3.09. The number of rotatable bonds is 4. The molecule has 3 aromatic rings. The smallest absolute Gasteiger partial charge is 0.267 e. The lowest BCUT2D eigenvalue weighted by Crippen LogP contribution is -1.97. The van der Waals surface area contributed by atoms with E-state index in [1.807, 2.05) is 6.07 Å². The number of nitrogens with one attached hydrogen (secondary N) is 1. The lowest BCUT2D eigenvalue weighted by molar-refractivity contribution is 0.396. The van der Waals surface area contributed by atoms with E-state index in [0.29, 0.717) is 17.0 Å². The fraction of sp³-hybridized carbons (Fsp3) is 0. The summed E-state index contributed by atoms with van der Waals surface area (Å²) in [5, 5.41) is 21.9. The highest BCUT2D eigenvalue weighted by Gasteiger charge is 2.13. The Bertz CT molecular complexity index is 890. The molecule has 0 spiro atoms. The van der Waals surface area contributed by atoms with Crippen molar-refractivity contribution in [3.63, 3.8) is 0 Å². The van der Waals surface area contributed by atoms with Gasteiger partial charge >= 0.3 is 0 Å². The summed E-state index contributed by atoms with van der Waals surface area (Å²) in [5.74, 6) is -0.266. The number of anilines is 2. The lowest BCUT2D eigenvalue weighted by atomic mass is 10.2. The van der Waals surface area contributed by atoms with Gasteiger partial charge in [-0.05, 0) is 48.5 Å². The Morgan fingerprint density at radius 3 is 2.42 bits per heavy atom. The zero-order valence-corrected chi connectivity index (χ0v) is 12.3. The van der Waals surface area contributed by atoms with E-state index in [0.717, 1.165) is 0 Å². The Morgan fingerprint density at radius 1 is 1.04 bits per heavy atom. The molecule has 0 saturated carbocycles. The third-order valence-corrected chi connectivity index (χ3v) is 3.09. The molecule has 0 unspecified atom stereocenters. The molecule has 3 rings (SSSR count). The Hall–Kier alpha value is -3.66. The van der Waals surface area contributed by atoms with Crippen LogP contribution in [0.25, 0.3) is 0 Å². The van der Waals surface area contributed by atoms with Gasteiger partial charge in [-0.25, -0.2) is 9.37 Å². The predicted octanol–water partition coefficient (Wildman–Crippen LogP) is 3.73. The van der Waals surface area contributed by atoms with Crippen molar-refractivity contribution in [1.29, 1.82) is 5.26 Å². The van der Waals surface area contributed by atoms with Crippen LogP contribution in [0, 0.1) is 17.1 Å². The van der Waals surface area contributed by atoms with Crippen LogP contribution in [0.3, 0.4) is 0 Å². The summed E-state index contributed by atoms with van der Waals surface area (Å²) in [7, 11) is 0. The van der Waals surface area contributed by atoms with Crippen molar-refractivity contribution in [2.24, 2.45) is 0 Å². The molecule has 0 atom stereocenters. The molecule has 24 heavy (non-hydrogen) atoms. The fourth-order valence-electron chi connectivity index (χ4n) is 1.91. The molecule has 1 heterocycles. The molecule has 0 aliphatic heterocycles. The molecule has 0 bridgehead atoms. The Morgan fingerprint density at radius 2 is 1.75 bits per heavy atom. The van der Waals surface area contributed by atoms with E-state index in [1.165, 1.54) is 30.6 Å². The predicted molar refractivity (Wildman–Crippen MR) is 84.6 cm³/mol. The van der Waals surface area contributed by atoms with Gasteiger partial charge in [-0.2, -0.15) is 10.2 Å². The van der Waals surface area contributed by atoms with Crippen molar-refractivity contribution in [2.75, 3.05) is 5.32 Å². The highest BCUT2D eigenvalue weighted by atomic mass is 19.1. The zero-order valence-electron chi connectivity index (χ0n) is 12.3. The van der Waals surface area contributed by atoms with E-state index in [4.69, 9.17) is 10.00 Å². The maximum absolute atomic E-state index is 12.9. The molecule has 0 aliphatic carbocycles. The molecule has 0 amide bonds. The molecule has 118 valence electrons. The van der Waals surface area contributed by atoms with E-state index in [9.17, 15) is 9.50 Å². The summed E-state index contributed by atoms with van der Waals surface area (Å²) < 4.78 is 18.3. The van der Waals surface area contributed by atoms with Gasteiger partial charge in [0.15, 0.2) is 5.82 Å². The third kappa shape index (κ3) is 3.39. The number of ether oxygens (including phenoxy) is 1. The van der Waals surface area contributed by atoms with Crippen molar-refractivity contribution >= 4 is 11.5 Å². The number of hydrogen-bond donors (Lipinski definition) is 2. The minimum Gasteiger partial charge on any atom is -0.501 e. The largest absolute Gasteiger partial charge is 0.501 e. The molecule has 6 nitrogen and oxygen atoms in total. The van der Waals surface area contributed by atoms with Gasteiger partial charge in [0.05, 0.1) is 11.6 Å². The van der Waals surface area contributed by atoms with Crippen LogP contribution in [0.4, 0.5) is 15.9 Å². The summed E-state index contributed by atoms with van der Waals surface area (Å²) >= 11 is 0. The molecular formula is C17H11FN4O2. The van der Waals surface area contributed by atoms with E-state index in [2.05, 4.69) is 15.3 Å². The minimum absolute atomic E-state index is 0.0623. The molecule has 0 fully saturated rings. The number of aromatic hydroxyl groups is 1. The van der Waals surface area contributed by atoms with E-state index in [-0.39, 0.29) is 17.4 Å². The van der Waals surface area contributed by atoms with Gasteiger partial charge in [0.25, 0.3) is 5.88 Å². The van der Waals surface area contributed by atoms with Gasteiger partial charge in [-0.15, -0.1) is 0 Å². The van der Waals surface area contributed by atoms with Gasteiger partial charge < -0.3 is 15.2 Å². The van der Waals surface area contributed by atoms with Crippen LogP contribution in [-0.2, 0) is 0 Å². The maximum Gasteiger partial charge on any atom is 0.267 e. The first kappa shape index (κ1) is 15.2. The van der Waals surface area contributed by atoms with Crippen LogP contribution in [0.5, 0.6) is 17.4 Å². The number of aromatic nitrogens is 2. The van der Waals surface area contributed by atoms with Gasteiger partial charge in [-0.3, -0.25) is 0 Å². The second kappa shape index (κ2) is 6.62. The van der Waals surface area contributed by atoms with Gasteiger partial charge in [-0.1, -0.05) is 0 Å². The molecule has 1 aromatic heterocycles. The monoisotopic (exact) mass is 322 g/mol. The molecule has 0 radical (unpaired) electrons. The standard InChI is InChI=1S/C17H11FN4O2/c18-12-3-7-14(8-4-12)24-17-15(23)16(20-10-21-17)22-13-5-1-11(9-19)2-6-13/h1-8,10,23H,(H,20,21,22). The molecule has 0 aliphatic rings. The number of nitriles is 1. The van der Waals surface area contributed by atoms with Crippen molar-refractivity contribution < 1.29 is 14.2 Å². The summed E-state index contributed by atoms with van der Waals surface area (Å²) in [4.78, 5) is 7.82. The van der Waals surface area contributed by atoms with E-state index in [1.54, 1.807) is 24.3 Å². The van der Waals surface area contributed by atoms with Gasteiger partial charge in [0, 0.05) is 5.69 Å². The molecule has 0 saturated heterocycles. The lowest BCUT2D eigenvalue weighted by Gasteiger charge is -2.10. The van der Waals surface area contributed by atoms with E-state index < -0.39 is 5.82 Å². The molecule has 7 heteroatoms. The van der Waals surface area contributed by atoms with Crippen LogP contribution in [0.1, 0.15) is 5.56 Å². The first-order chi connectivity index (χ1) is 11.7. The average Bonchev–Trinajstić information content (AvgIpc) is 2.61. The summed E-state index contributed by atoms with van der Waals surface area (Å²) in [5.41, 5.74) is 1.16. The van der Waals surface area contributed by atoms with E-state index >= 15 is 0 Å². The number of benzene rings is 2. The van der Waals surface area contributed by atoms with Crippen LogP contribution >= 0.6 is 0 Å². The fourth-order valence-corrected chi connectivity index (χ4v) is 1.91. The van der Waals surface area contributed by atoms with Crippen molar-refractivity contribution in [3.05, 3.63) is 66.2 Å². The minimum atomic E-state index is -0.391. The van der Waals surface area contributed by atoms with Crippen LogP contribution in [0.15, 0.2) is 54.9 Å². The first-order valence-corrected chi connectivity index (χ1v) is 6.90. The topological polar surface area (TPSA) is 91.1 Å². The second-order valence-corrected chi connectivity index (χ2v) is 4.75. The van der Waals surface area contributed by atoms with Crippen LogP contribution in [-0.4, -0.2) is 15.1 Å². The molecule has 2 aromatic carbocycles.